The zero-order chi connectivity index (χ0) is 12.9. The average molecular weight is 236 g/mol. The van der Waals surface area contributed by atoms with Crippen LogP contribution >= 0.6 is 0 Å². The van der Waals surface area contributed by atoms with Crippen LogP contribution in [0.4, 0.5) is 0 Å². The van der Waals surface area contributed by atoms with Gasteiger partial charge in [-0.25, -0.2) is 0 Å². The molecule has 17 heavy (non-hydrogen) atoms. The van der Waals surface area contributed by atoms with Crippen LogP contribution < -0.4 is 0 Å². The molecule has 0 aliphatic carbocycles. The largest absolute Gasteiger partial charge is 0.466 e. The van der Waals surface area contributed by atoms with Gasteiger partial charge in [-0.15, -0.1) is 0 Å². The van der Waals surface area contributed by atoms with E-state index in [4.69, 9.17) is 4.74 Å². The van der Waals surface area contributed by atoms with E-state index in [2.05, 4.69) is 0 Å². The lowest BCUT2D eigenvalue weighted by Crippen LogP contribution is -2.37. The number of hydrogen-bond acceptors (Lipinski definition) is 4. The highest BCUT2D eigenvalue weighted by molar-refractivity contribution is 5.90. The van der Waals surface area contributed by atoms with Gasteiger partial charge in [0.2, 0.25) is 0 Å². The van der Waals surface area contributed by atoms with Crippen LogP contribution in [0.5, 0.6) is 0 Å². The molecule has 0 aromatic heterocycles. The second-order valence-corrected chi connectivity index (χ2v) is 3.76. The predicted molar refractivity (Wildman–Crippen MR) is 62.3 cm³/mol. The van der Waals surface area contributed by atoms with Gasteiger partial charge in [0, 0.05) is 0 Å². The third-order valence-electron chi connectivity index (χ3n) is 2.54. The smallest absolute Gasteiger partial charge is 0.309 e. The number of carbonyl (C=O) groups excluding carboxylic acids is 2. The molecule has 0 heterocycles. The van der Waals surface area contributed by atoms with Crippen LogP contribution in [-0.2, 0) is 19.9 Å². The molecule has 0 aliphatic heterocycles. The number of carbonyl (C=O) groups is 2. The number of benzene rings is 1. The summed E-state index contributed by atoms with van der Waals surface area (Å²) in [6, 6.07) is 8.40. The fourth-order valence-corrected chi connectivity index (χ4v) is 1.56. The fraction of sp³-hybridized carbons (Fsp3) is 0.385. The van der Waals surface area contributed by atoms with Crippen molar-refractivity contribution in [3.05, 3.63) is 35.9 Å². The van der Waals surface area contributed by atoms with Crippen LogP contribution in [0.25, 0.3) is 0 Å². The minimum absolute atomic E-state index is 0.224. The molecule has 0 spiro atoms. The van der Waals surface area contributed by atoms with Crippen molar-refractivity contribution in [1.82, 2.24) is 0 Å². The molecule has 1 unspecified atom stereocenters. The molecule has 1 N–H and O–H groups in total. The molecule has 4 heteroatoms. The Morgan fingerprint density at radius 3 is 2.35 bits per heavy atom. The summed E-state index contributed by atoms with van der Waals surface area (Å²) in [6.45, 7) is 3.15. The standard InChI is InChI=1S/C13H16O4/c1-3-17-12(15)9-13(16,10(2)14)11-7-5-4-6-8-11/h4-8,16H,3,9H2,1-2H3. The summed E-state index contributed by atoms with van der Waals surface area (Å²) >= 11 is 0. The highest BCUT2D eigenvalue weighted by atomic mass is 16.5. The third kappa shape index (κ3) is 3.14. The number of ether oxygens (including phenoxy) is 1. The molecule has 0 bridgehead atoms. The highest BCUT2D eigenvalue weighted by Gasteiger charge is 2.37. The maximum atomic E-state index is 11.5. The van der Waals surface area contributed by atoms with E-state index in [-0.39, 0.29) is 13.0 Å². The minimum Gasteiger partial charge on any atom is -0.466 e. The second-order valence-electron chi connectivity index (χ2n) is 3.76. The van der Waals surface area contributed by atoms with Gasteiger partial charge in [0.25, 0.3) is 0 Å². The summed E-state index contributed by atoms with van der Waals surface area (Å²) in [7, 11) is 0. The fourth-order valence-electron chi connectivity index (χ4n) is 1.56. The molecule has 1 rings (SSSR count). The average Bonchev–Trinajstić information content (AvgIpc) is 2.30. The van der Waals surface area contributed by atoms with Gasteiger partial charge in [0.05, 0.1) is 13.0 Å². The molecule has 1 aromatic carbocycles. The molecular formula is C13H16O4. The number of Topliss-reactive ketones (excluding diaryl/α,β-unsaturated/α-hetero) is 1. The van der Waals surface area contributed by atoms with Gasteiger partial charge in [-0.05, 0) is 19.4 Å². The van der Waals surface area contributed by atoms with E-state index in [1.807, 2.05) is 0 Å². The van der Waals surface area contributed by atoms with Gasteiger partial charge in [0.1, 0.15) is 0 Å². The number of esters is 1. The maximum absolute atomic E-state index is 11.5. The molecular weight excluding hydrogens is 220 g/mol. The molecule has 4 nitrogen and oxygen atoms in total. The van der Waals surface area contributed by atoms with Crippen LogP contribution in [0, 0.1) is 0 Å². The molecule has 1 atom stereocenters. The lowest BCUT2D eigenvalue weighted by Gasteiger charge is -2.24. The Morgan fingerprint density at radius 2 is 1.88 bits per heavy atom. The lowest BCUT2D eigenvalue weighted by molar-refractivity contribution is -0.155. The number of aliphatic hydroxyl groups is 1. The quantitative estimate of drug-likeness (QED) is 0.785. The molecule has 0 saturated carbocycles. The van der Waals surface area contributed by atoms with Gasteiger partial charge in [-0.2, -0.15) is 0 Å². The maximum Gasteiger partial charge on any atom is 0.309 e. The van der Waals surface area contributed by atoms with E-state index < -0.39 is 17.4 Å². The lowest BCUT2D eigenvalue weighted by atomic mass is 9.87. The first-order valence-electron chi connectivity index (χ1n) is 5.45. The Labute approximate surface area is 100 Å². The molecule has 0 fully saturated rings. The number of rotatable bonds is 5. The van der Waals surface area contributed by atoms with Gasteiger partial charge in [0.15, 0.2) is 11.4 Å². The van der Waals surface area contributed by atoms with Gasteiger partial charge in [-0.3, -0.25) is 9.59 Å². The van der Waals surface area contributed by atoms with Crippen LogP contribution in [0.15, 0.2) is 30.3 Å². The summed E-state index contributed by atoms with van der Waals surface area (Å²) in [5, 5.41) is 10.3. The van der Waals surface area contributed by atoms with E-state index in [1.165, 1.54) is 6.92 Å². The SMILES string of the molecule is CCOC(=O)CC(O)(C(C)=O)c1ccccc1. The van der Waals surface area contributed by atoms with Crippen LogP contribution in [0.2, 0.25) is 0 Å². The summed E-state index contributed by atoms with van der Waals surface area (Å²) < 4.78 is 4.76. The van der Waals surface area contributed by atoms with E-state index in [0.717, 1.165) is 0 Å². The van der Waals surface area contributed by atoms with Crippen molar-refractivity contribution in [2.75, 3.05) is 6.61 Å². The van der Waals surface area contributed by atoms with Gasteiger partial charge >= 0.3 is 5.97 Å². The highest BCUT2D eigenvalue weighted by Crippen LogP contribution is 2.26. The summed E-state index contributed by atoms with van der Waals surface area (Å²) in [6.07, 6.45) is -0.361. The molecule has 1 aromatic rings. The van der Waals surface area contributed by atoms with Crippen molar-refractivity contribution in [3.63, 3.8) is 0 Å². The predicted octanol–water partition coefficient (Wildman–Crippen LogP) is 1.42. The van der Waals surface area contributed by atoms with Crippen molar-refractivity contribution >= 4 is 11.8 Å². The zero-order valence-electron chi connectivity index (χ0n) is 9.97. The summed E-state index contributed by atoms with van der Waals surface area (Å²) in [5.74, 6) is -1.06. The Kier molecular flexibility index (Phi) is 4.40. The van der Waals surface area contributed by atoms with Crippen molar-refractivity contribution in [2.45, 2.75) is 25.9 Å². The molecule has 0 amide bonds. The Bertz CT molecular complexity index is 399. The van der Waals surface area contributed by atoms with Crippen LogP contribution in [0.1, 0.15) is 25.8 Å². The van der Waals surface area contributed by atoms with Crippen LogP contribution in [-0.4, -0.2) is 23.5 Å². The second kappa shape index (κ2) is 5.59. The molecule has 0 radical (unpaired) electrons. The molecule has 92 valence electrons. The van der Waals surface area contributed by atoms with Crippen LogP contribution in [0.3, 0.4) is 0 Å². The first-order valence-corrected chi connectivity index (χ1v) is 5.45. The topological polar surface area (TPSA) is 63.6 Å². The Balaban J connectivity index is 2.99. The van der Waals surface area contributed by atoms with E-state index in [9.17, 15) is 14.7 Å². The van der Waals surface area contributed by atoms with Gasteiger partial charge in [-0.1, -0.05) is 30.3 Å². The van der Waals surface area contributed by atoms with E-state index >= 15 is 0 Å². The monoisotopic (exact) mass is 236 g/mol. The number of hydrogen-bond donors (Lipinski definition) is 1. The van der Waals surface area contributed by atoms with E-state index in [1.54, 1.807) is 37.3 Å². The normalized spacial score (nSPS) is 13.8. The van der Waals surface area contributed by atoms with Crippen molar-refractivity contribution in [3.8, 4) is 0 Å². The number of ketones is 1. The minimum atomic E-state index is -1.80. The van der Waals surface area contributed by atoms with Crippen molar-refractivity contribution < 1.29 is 19.4 Å². The van der Waals surface area contributed by atoms with Gasteiger partial charge < -0.3 is 9.84 Å². The Morgan fingerprint density at radius 1 is 1.29 bits per heavy atom. The molecule has 0 aliphatic rings. The zero-order valence-corrected chi connectivity index (χ0v) is 9.97. The summed E-state index contributed by atoms with van der Waals surface area (Å²) in [5.41, 5.74) is -1.39. The summed E-state index contributed by atoms with van der Waals surface area (Å²) in [4.78, 5) is 23.0. The first kappa shape index (κ1) is 13.4. The van der Waals surface area contributed by atoms with Crippen molar-refractivity contribution in [2.24, 2.45) is 0 Å². The van der Waals surface area contributed by atoms with E-state index in [0.29, 0.717) is 5.56 Å². The first-order chi connectivity index (χ1) is 8.00. The Hall–Kier alpha value is -1.68. The van der Waals surface area contributed by atoms with Crippen molar-refractivity contribution in [1.29, 1.82) is 0 Å². The molecule has 0 saturated heterocycles. The third-order valence-corrected chi connectivity index (χ3v) is 2.54.